The van der Waals surface area contributed by atoms with Gasteiger partial charge in [-0.3, -0.25) is 9.59 Å². The van der Waals surface area contributed by atoms with Crippen LogP contribution in [0.15, 0.2) is 46.4 Å². The van der Waals surface area contributed by atoms with Crippen molar-refractivity contribution >= 4 is 17.4 Å². The maximum absolute atomic E-state index is 13.0. The number of nitrogens with zero attached hydrogens (tertiary/aromatic N) is 1. The number of ether oxygens (including phenoxy) is 1. The van der Waals surface area contributed by atoms with Crippen molar-refractivity contribution in [1.29, 1.82) is 0 Å². The van der Waals surface area contributed by atoms with E-state index in [0.29, 0.717) is 43.4 Å². The van der Waals surface area contributed by atoms with E-state index in [2.05, 4.69) is 0 Å². The molecule has 0 radical (unpaired) electrons. The van der Waals surface area contributed by atoms with Crippen LogP contribution < -0.4 is 4.90 Å². The van der Waals surface area contributed by atoms with E-state index in [9.17, 15) is 14.7 Å². The van der Waals surface area contributed by atoms with Gasteiger partial charge in [0.25, 0.3) is 11.7 Å². The molecule has 1 amide bonds. The van der Waals surface area contributed by atoms with Gasteiger partial charge in [0.1, 0.15) is 36.4 Å². The lowest BCUT2D eigenvalue weighted by molar-refractivity contribution is -0.907. The van der Waals surface area contributed by atoms with Gasteiger partial charge < -0.3 is 24.1 Å². The number of hydrogen-bond acceptors (Lipinski definition) is 5. The highest BCUT2D eigenvalue weighted by atomic mass is 16.5. The average Bonchev–Trinajstić information content (AvgIpc) is 3.28. The van der Waals surface area contributed by atoms with E-state index in [-0.39, 0.29) is 11.3 Å². The topological polar surface area (TPSA) is 84.4 Å². The van der Waals surface area contributed by atoms with Gasteiger partial charge in [-0.1, -0.05) is 29.8 Å². The monoisotopic (exact) mass is 411 g/mol. The first-order chi connectivity index (χ1) is 14.5. The fraction of sp³-hybridized carbons (Fsp3) is 0.391. The zero-order valence-electron chi connectivity index (χ0n) is 17.3. The highest BCUT2D eigenvalue weighted by molar-refractivity contribution is 6.46. The van der Waals surface area contributed by atoms with Gasteiger partial charge in [0.05, 0.1) is 31.9 Å². The number of rotatable bonds is 5. The molecule has 0 aliphatic carbocycles. The number of likely N-dealkylation sites (tertiary alicyclic amines) is 1. The summed E-state index contributed by atoms with van der Waals surface area (Å²) in [5.41, 5.74) is 1.62. The first-order valence-corrected chi connectivity index (χ1v) is 10.3. The van der Waals surface area contributed by atoms with E-state index in [1.54, 1.807) is 24.3 Å². The third-order valence-electron chi connectivity index (χ3n) is 5.80. The number of aliphatic hydroxyl groups excluding tert-OH is 1. The number of amides is 1. The van der Waals surface area contributed by atoms with Crippen molar-refractivity contribution in [3.8, 4) is 0 Å². The van der Waals surface area contributed by atoms with Gasteiger partial charge in [-0.15, -0.1) is 0 Å². The number of aryl methyl sites for hydroxylation is 2. The predicted octanol–water partition coefficient (Wildman–Crippen LogP) is 1.23. The lowest BCUT2D eigenvalue weighted by atomic mass is 9.99. The van der Waals surface area contributed by atoms with Gasteiger partial charge in [-0.05, 0) is 26.0 Å². The number of aliphatic hydroxyl groups is 1. The number of carbonyl (C=O) groups is 2. The van der Waals surface area contributed by atoms with Crippen LogP contribution >= 0.6 is 0 Å². The Hall–Kier alpha value is -2.90. The van der Waals surface area contributed by atoms with Crippen molar-refractivity contribution in [2.75, 3.05) is 39.4 Å². The highest BCUT2D eigenvalue weighted by Crippen LogP contribution is 2.39. The van der Waals surface area contributed by atoms with Crippen LogP contribution in [0.1, 0.15) is 28.7 Å². The van der Waals surface area contributed by atoms with E-state index >= 15 is 0 Å². The number of ketones is 1. The van der Waals surface area contributed by atoms with Crippen molar-refractivity contribution in [2.24, 2.45) is 0 Å². The molecule has 7 heteroatoms. The van der Waals surface area contributed by atoms with Crippen molar-refractivity contribution in [2.45, 2.75) is 19.9 Å². The lowest BCUT2D eigenvalue weighted by Gasteiger charge is -2.28. The minimum absolute atomic E-state index is 0.0789. The number of morpholine rings is 1. The van der Waals surface area contributed by atoms with Crippen molar-refractivity contribution < 1.29 is 28.7 Å². The number of quaternary nitrogens is 1. The number of nitrogens with one attached hydrogen (secondary N) is 1. The Bertz CT molecular complexity index is 970. The summed E-state index contributed by atoms with van der Waals surface area (Å²) in [6, 6.07) is 10.1. The third kappa shape index (κ3) is 3.91. The summed E-state index contributed by atoms with van der Waals surface area (Å²) in [6.45, 7) is 8.00. The summed E-state index contributed by atoms with van der Waals surface area (Å²) in [6.07, 6.45) is 0. The second-order valence-electron chi connectivity index (χ2n) is 7.92. The molecular weight excluding hydrogens is 384 g/mol. The summed E-state index contributed by atoms with van der Waals surface area (Å²) < 4.78 is 11.2. The van der Waals surface area contributed by atoms with Crippen molar-refractivity contribution in [3.05, 3.63) is 64.6 Å². The van der Waals surface area contributed by atoms with Gasteiger partial charge in [0.2, 0.25) is 0 Å². The van der Waals surface area contributed by atoms with Gasteiger partial charge in [-0.2, -0.15) is 0 Å². The first-order valence-electron chi connectivity index (χ1n) is 10.3. The molecule has 0 unspecified atom stereocenters. The van der Waals surface area contributed by atoms with Gasteiger partial charge in [0, 0.05) is 5.56 Å². The van der Waals surface area contributed by atoms with Gasteiger partial charge in [-0.25, -0.2) is 0 Å². The molecule has 7 nitrogen and oxygen atoms in total. The summed E-state index contributed by atoms with van der Waals surface area (Å²) >= 11 is 0. The largest absolute Gasteiger partial charge is 0.507 e. The van der Waals surface area contributed by atoms with Crippen molar-refractivity contribution in [3.63, 3.8) is 0 Å². The van der Waals surface area contributed by atoms with E-state index < -0.39 is 17.7 Å². The number of furan rings is 1. The molecule has 2 aliphatic heterocycles. The second kappa shape index (κ2) is 8.45. The Balaban J connectivity index is 1.70. The zero-order chi connectivity index (χ0) is 21.3. The second-order valence-corrected chi connectivity index (χ2v) is 7.92. The Labute approximate surface area is 175 Å². The molecule has 2 aliphatic rings. The Kier molecular flexibility index (Phi) is 5.74. The molecule has 30 heavy (non-hydrogen) atoms. The van der Waals surface area contributed by atoms with Gasteiger partial charge in [0.15, 0.2) is 0 Å². The van der Waals surface area contributed by atoms with E-state index in [1.807, 2.05) is 26.0 Å². The van der Waals surface area contributed by atoms with Crippen LogP contribution in [-0.2, 0) is 14.3 Å². The molecule has 1 aromatic carbocycles. The van der Waals surface area contributed by atoms with Crippen LogP contribution in [0.5, 0.6) is 0 Å². The number of Topliss-reactive ketones (excluding diaryl/α,β-unsaturated/α-hetero) is 1. The normalized spacial score (nSPS) is 22.1. The van der Waals surface area contributed by atoms with Crippen molar-refractivity contribution in [1.82, 2.24) is 4.90 Å². The molecule has 2 saturated heterocycles. The maximum atomic E-state index is 13.0. The fourth-order valence-electron chi connectivity index (χ4n) is 4.06. The number of benzene rings is 1. The van der Waals surface area contributed by atoms with E-state index in [1.165, 1.54) is 9.80 Å². The molecule has 158 valence electrons. The Morgan fingerprint density at radius 1 is 1.10 bits per heavy atom. The molecular formula is C23H27N2O5+. The van der Waals surface area contributed by atoms with Crippen LogP contribution in [-0.4, -0.2) is 61.1 Å². The minimum Gasteiger partial charge on any atom is -0.507 e. The summed E-state index contributed by atoms with van der Waals surface area (Å²) in [5, 5.41) is 11.0. The average molecular weight is 411 g/mol. The van der Waals surface area contributed by atoms with Crippen LogP contribution in [0.4, 0.5) is 0 Å². The molecule has 2 aromatic rings. The predicted molar refractivity (Wildman–Crippen MR) is 110 cm³/mol. The van der Waals surface area contributed by atoms with Crippen LogP contribution in [0, 0.1) is 13.8 Å². The van der Waals surface area contributed by atoms with E-state index in [0.717, 1.165) is 18.7 Å². The zero-order valence-corrected chi connectivity index (χ0v) is 17.3. The summed E-state index contributed by atoms with van der Waals surface area (Å²) in [7, 11) is 0. The molecule has 4 rings (SSSR count). The molecule has 2 fully saturated rings. The third-order valence-corrected chi connectivity index (χ3v) is 5.80. The summed E-state index contributed by atoms with van der Waals surface area (Å²) in [4.78, 5) is 28.7. The Morgan fingerprint density at radius 2 is 1.80 bits per heavy atom. The van der Waals surface area contributed by atoms with Crippen LogP contribution in [0.3, 0.4) is 0 Å². The maximum Gasteiger partial charge on any atom is 0.295 e. The van der Waals surface area contributed by atoms with Crippen LogP contribution in [0.2, 0.25) is 0 Å². The smallest absolute Gasteiger partial charge is 0.295 e. The molecule has 0 spiro atoms. The van der Waals surface area contributed by atoms with Gasteiger partial charge >= 0.3 is 0 Å². The SMILES string of the molecule is Cc1ccc(/C(O)=C2\C(=O)C(=O)N(CC[NH+]3CCOCC3)[C@H]2c2ccc(C)o2)cc1. The first kappa shape index (κ1) is 20.4. The quantitative estimate of drug-likeness (QED) is 0.439. The molecule has 0 saturated carbocycles. The molecule has 3 heterocycles. The molecule has 2 N–H and O–H groups in total. The minimum atomic E-state index is -0.736. The highest BCUT2D eigenvalue weighted by Gasteiger charge is 2.47. The number of carbonyl (C=O) groups excluding carboxylic acids is 2. The lowest BCUT2D eigenvalue weighted by Crippen LogP contribution is -3.14. The molecule has 0 bridgehead atoms. The Morgan fingerprint density at radius 3 is 2.43 bits per heavy atom. The standard InChI is InChI=1S/C23H26N2O5/c1-15-3-6-17(7-4-15)21(26)19-20(18-8-5-16(2)30-18)25(23(28)22(19)27)10-9-24-11-13-29-14-12-24/h3-8,20,26H,9-14H2,1-2H3/p+1/b21-19+/t20-/m0/s1. The molecule has 1 aromatic heterocycles. The summed E-state index contributed by atoms with van der Waals surface area (Å²) in [5.74, 6) is -0.282. The number of hydrogen-bond donors (Lipinski definition) is 2. The van der Waals surface area contributed by atoms with E-state index in [4.69, 9.17) is 9.15 Å². The fourth-order valence-corrected chi connectivity index (χ4v) is 4.06. The van der Waals surface area contributed by atoms with Crippen LogP contribution in [0.25, 0.3) is 5.76 Å². The molecule has 1 atom stereocenters.